The maximum Gasteiger partial charge on any atom is 0.244 e. The minimum absolute atomic E-state index is 0.0292. The van der Waals surface area contributed by atoms with Gasteiger partial charge in [0.25, 0.3) is 0 Å². The van der Waals surface area contributed by atoms with Gasteiger partial charge in [-0.1, -0.05) is 30.3 Å². The number of nitrogens with one attached hydrogen (secondary N) is 2. The monoisotopic (exact) mass is 487 g/mol. The fraction of sp³-hybridized carbons (Fsp3) is 0.654. The van der Waals surface area contributed by atoms with E-state index in [0.717, 1.165) is 31.2 Å². The lowest BCUT2D eigenvalue weighted by atomic mass is 9.66. The summed E-state index contributed by atoms with van der Waals surface area (Å²) in [5, 5.41) is 15.3. The Balaban J connectivity index is 1.60. The van der Waals surface area contributed by atoms with E-state index >= 15 is 0 Å². The Labute approximate surface area is 206 Å². The van der Waals surface area contributed by atoms with Crippen molar-refractivity contribution in [1.82, 2.24) is 15.5 Å². The van der Waals surface area contributed by atoms with Crippen LogP contribution >= 0.6 is 11.8 Å². The molecule has 2 bridgehead atoms. The number of likely N-dealkylation sites (tertiary alicyclic amines) is 1. The second-order valence-electron chi connectivity index (χ2n) is 10.4. The highest BCUT2D eigenvalue weighted by atomic mass is 32.2. The molecule has 3 N–H and O–H groups in total. The molecule has 0 aromatic heterocycles. The molecule has 3 aliphatic heterocycles. The summed E-state index contributed by atoms with van der Waals surface area (Å²) < 4.78 is -0.934. The van der Waals surface area contributed by atoms with Crippen molar-refractivity contribution >= 4 is 29.5 Å². The fourth-order valence-electron chi connectivity index (χ4n) is 6.20. The van der Waals surface area contributed by atoms with Crippen molar-refractivity contribution in [1.29, 1.82) is 0 Å². The van der Waals surface area contributed by atoms with Gasteiger partial charge in [-0.25, -0.2) is 0 Å². The zero-order valence-electron chi connectivity index (χ0n) is 20.4. The summed E-state index contributed by atoms with van der Waals surface area (Å²) in [5.74, 6) is -1.23. The van der Waals surface area contributed by atoms with Gasteiger partial charge >= 0.3 is 0 Å². The Morgan fingerprint density at radius 3 is 2.56 bits per heavy atom. The van der Waals surface area contributed by atoms with Crippen molar-refractivity contribution in [2.45, 2.75) is 81.0 Å². The standard InChI is InChI=1S/C26H37N3O4S/c1-17(2)28-23(32)21-26-13-12-25(3,34-26)19(22(31)27-16-18-10-6-4-7-11-18)20(26)24(33)29(21)14-8-5-9-15-30/h4,6-7,10-11,17,19-21,30H,5,8-9,12-16H2,1-3H3,(H,27,31)(H,28,32)/t19-,20+,21?,25+,26?/m1/s1. The van der Waals surface area contributed by atoms with Crippen LogP contribution in [-0.2, 0) is 20.9 Å². The molecular weight excluding hydrogens is 450 g/mol. The maximum absolute atomic E-state index is 13.9. The summed E-state index contributed by atoms with van der Waals surface area (Å²) in [6.45, 7) is 6.96. The van der Waals surface area contributed by atoms with E-state index in [-0.39, 0.29) is 35.1 Å². The van der Waals surface area contributed by atoms with E-state index < -0.39 is 22.6 Å². The Kier molecular flexibility index (Phi) is 7.29. The third-order valence-corrected chi connectivity index (χ3v) is 9.59. The van der Waals surface area contributed by atoms with Gasteiger partial charge < -0.3 is 20.6 Å². The van der Waals surface area contributed by atoms with Crippen LogP contribution in [0.2, 0.25) is 0 Å². The molecule has 3 amide bonds. The first-order valence-corrected chi connectivity index (χ1v) is 13.3. The lowest BCUT2D eigenvalue weighted by molar-refractivity contribution is -0.140. The molecule has 3 saturated heterocycles. The average molecular weight is 488 g/mol. The maximum atomic E-state index is 13.9. The summed E-state index contributed by atoms with van der Waals surface area (Å²) in [5.41, 5.74) is 1.02. The molecule has 186 valence electrons. The Morgan fingerprint density at radius 2 is 1.88 bits per heavy atom. The SMILES string of the molecule is CC(C)NC(=O)C1N(CCCCCO)C(=O)[C@@H]2[C@H](C(=O)NCc3ccccc3)[C@]3(C)CCC12S3. The lowest BCUT2D eigenvalue weighted by Crippen LogP contribution is -2.55. The molecule has 7 nitrogen and oxygen atoms in total. The zero-order valence-corrected chi connectivity index (χ0v) is 21.2. The molecule has 3 aliphatic rings. The predicted octanol–water partition coefficient (Wildman–Crippen LogP) is 2.47. The van der Waals surface area contributed by atoms with Crippen LogP contribution in [-0.4, -0.2) is 62.5 Å². The van der Waals surface area contributed by atoms with Gasteiger partial charge in [-0.2, -0.15) is 0 Å². The molecule has 4 rings (SSSR count). The average Bonchev–Trinajstić information content (AvgIpc) is 3.36. The number of nitrogens with zero attached hydrogens (tertiary/aromatic N) is 1. The summed E-state index contributed by atoms with van der Waals surface area (Å²) in [4.78, 5) is 42.6. The molecule has 0 aliphatic carbocycles. The van der Waals surface area contributed by atoms with E-state index in [2.05, 4.69) is 17.6 Å². The lowest BCUT2D eigenvalue weighted by Gasteiger charge is -2.35. The fourth-order valence-corrected chi connectivity index (χ4v) is 8.55. The molecular formula is C26H37N3O4S. The second kappa shape index (κ2) is 9.90. The van der Waals surface area contributed by atoms with Crippen LogP contribution in [0, 0.1) is 11.8 Å². The van der Waals surface area contributed by atoms with Crippen molar-refractivity contribution in [2.75, 3.05) is 13.2 Å². The summed E-state index contributed by atoms with van der Waals surface area (Å²) in [7, 11) is 0. The van der Waals surface area contributed by atoms with Crippen molar-refractivity contribution < 1.29 is 19.5 Å². The van der Waals surface area contributed by atoms with E-state index in [4.69, 9.17) is 5.11 Å². The van der Waals surface area contributed by atoms with Crippen molar-refractivity contribution in [3.63, 3.8) is 0 Å². The minimum atomic E-state index is -0.573. The Hall–Kier alpha value is -2.06. The van der Waals surface area contributed by atoms with E-state index in [0.29, 0.717) is 19.5 Å². The van der Waals surface area contributed by atoms with Gasteiger partial charge in [0.2, 0.25) is 17.7 Å². The number of hydrogen-bond donors (Lipinski definition) is 3. The number of unbranched alkanes of at least 4 members (excludes halogenated alkanes) is 2. The van der Waals surface area contributed by atoms with E-state index in [1.807, 2.05) is 44.2 Å². The van der Waals surface area contributed by atoms with Crippen LogP contribution in [0.25, 0.3) is 0 Å². The van der Waals surface area contributed by atoms with Gasteiger partial charge in [-0.3, -0.25) is 14.4 Å². The number of amides is 3. The van der Waals surface area contributed by atoms with Crippen LogP contribution < -0.4 is 10.6 Å². The molecule has 2 unspecified atom stereocenters. The van der Waals surface area contributed by atoms with Gasteiger partial charge in [0.15, 0.2) is 0 Å². The zero-order chi connectivity index (χ0) is 24.5. The smallest absolute Gasteiger partial charge is 0.244 e. The molecule has 3 fully saturated rings. The van der Waals surface area contributed by atoms with Crippen molar-refractivity contribution in [3.05, 3.63) is 35.9 Å². The quantitative estimate of drug-likeness (QED) is 0.441. The molecule has 1 aromatic rings. The number of hydrogen-bond acceptors (Lipinski definition) is 5. The highest BCUT2D eigenvalue weighted by Gasteiger charge is 2.76. The molecule has 1 spiro atoms. The van der Waals surface area contributed by atoms with Gasteiger partial charge in [-0.05, 0) is 58.4 Å². The van der Waals surface area contributed by atoms with Gasteiger partial charge in [0, 0.05) is 30.5 Å². The first kappa shape index (κ1) is 25.0. The highest BCUT2D eigenvalue weighted by Crippen LogP contribution is 2.71. The van der Waals surface area contributed by atoms with Gasteiger partial charge in [-0.15, -0.1) is 11.8 Å². The third kappa shape index (κ3) is 4.35. The largest absolute Gasteiger partial charge is 0.396 e. The Morgan fingerprint density at radius 1 is 1.15 bits per heavy atom. The second-order valence-corrected chi connectivity index (χ2v) is 12.3. The number of aliphatic hydroxyl groups excluding tert-OH is 1. The number of benzene rings is 1. The van der Waals surface area contributed by atoms with Crippen LogP contribution in [0.5, 0.6) is 0 Å². The number of fused-ring (bicyclic) bond motifs is 1. The number of thioether (sulfide) groups is 1. The van der Waals surface area contributed by atoms with Crippen LogP contribution in [0.1, 0.15) is 58.4 Å². The molecule has 34 heavy (non-hydrogen) atoms. The van der Waals surface area contributed by atoms with Crippen LogP contribution in [0.3, 0.4) is 0 Å². The van der Waals surface area contributed by atoms with E-state index in [1.54, 1.807) is 16.7 Å². The predicted molar refractivity (Wildman–Crippen MR) is 133 cm³/mol. The number of carbonyl (C=O) groups is 3. The number of aliphatic hydroxyl groups is 1. The van der Waals surface area contributed by atoms with E-state index in [9.17, 15) is 14.4 Å². The number of rotatable bonds is 10. The normalized spacial score (nSPS) is 31.7. The number of carbonyl (C=O) groups excluding carboxylic acids is 3. The molecule has 8 heteroatoms. The molecule has 1 aromatic carbocycles. The van der Waals surface area contributed by atoms with Crippen LogP contribution in [0.4, 0.5) is 0 Å². The molecule has 5 atom stereocenters. The van der Waals surface area contributed by atoms with Crippen LogP contribution in [0.15, 0.2) is 30.3 Å². The first-order valence-electron chi connectivity index (χ1n) is 12.5. The highest BCUT2D eigenvalue weighted by molar-refractivity contribution is 8.02. The topological polar surface area (TPSA) is 98.7 Å². The minimum Gasteiger partial charge on any atom is -0.396 e. The van der Waals surface area contributed by atoms with Crippen molar-refractivity contribution in [3.8, 4) is 0 Å². The molecule has 0 saturated carbocycles. The summed E-state index contributed by atoms with van der Waals surface area (Å²) in [6, 6.07) is 9.17. The van der Waals surface area contributed by atoms with Gasteiger partial charge in [0.05, 0.1) is 16.6 Å². The summed E-state index contributed by atoms with van der Waals surface area (Å²) in [6.07, 6.45) is 3.78. The Bertz CT molecular complexity index is 926. The molecule has 0 radical (unpaired) electrons. The van der Waals surface area contributed by atoms with E-state index in [1.165, 1.54) is 0 Å². The van der Waals surface area contributed by atoms with Gasteiger partial charge in [0.1, 0.15) is 6.04 Å². The van der Waals surface area contributed by atoms with Crippen molar-refractivity contribution in [2.24, 2.45) is 11.8 Å². The summed E-state index contributed by atoms with van der Waals surface area (Å²) >= 11 is 1.70. The third-order valence-electron chi connectivity index (χ3n) is 7.61. The molecule has 3 heterocycles. The first-order chi connectivity index (χ1) is 16.2.